The first-order valence-corrected chi connectivity index (χ1v) is 4.76. The van der Waals surface area contributed by atoms with Gasteiger partial charge in [0.15, 0.2) is 0 Å². The molecule has 0 aromatic carbocycles. The fourth-order valence-corrected chi connectivity index (χ4v) is 0.684. The summed E-state index contributed by atoms with van der Waals surface area (Å²) in [6.45, 7) is 2.01. The van der Waals surface area contributed by atoms with Crippen LogP contribution in [0.25, 0.3) is 0 Å². The summed E-state index contributed by atoms with van der Waals surface area (Å²) in [6.07, 6.45) is -3.05. The Kier molecular flexibility index (Phi) is 12.9. The van der Waals surface area contributed by atoms with Crippen molar-refractivity contribution in [3.63, 3.8) is 0 Å². The van der Waals surface area contributed by atoms with E-state index in [4.69, 9.17) is 15.9 Å². The monoisotopic (exact) mass is 320 g/mol. The van der Waals surface area contributed by atoms with Crippen LogP contribution in [-0.2, 0) is 31.5 Å². The van der Waals surface area contributed by atoms with Gasteiger partial charge in [-0.3, -0.25) is 0 Å². The van der Waals surface area contributed by atoms with Gasteiger partial charge in [0, 0.05) is 31.3 Å². The Morgan fingerprint density at radius 1 is 1.16 bits per heavy atom. The first-order chi connectivity index (χ1) is 8.05. The molecule has 19 heavy (non-hydrogen) atoms. The minimum atomic E-state index is -2.97. The Morgan fingerprint density at radius 2 is 1.42 bits per heavy atom. The van der Waals surface area contributed by atoms with Gasteiger partial charge in [0.25, 0.3) is 0 Å². The molecular weight excluding hydrogens is 306 g/mol. The van der Waals surface area contributed by atoms with Gasteiger partial charge in [0.2, 0.25) is 0 Å². The zero-order chi connectivity index (χ0) is 14.9. The van der Waals surface area contributed by atoms with E-state index in [-0.39, 0.29) is 23.2 Å². The quantitative estimate of drug-likeness (QED) is 0.400. The molecule has 0 aromatic heterocycles. The van der Waals surface area contributed by atoms with Crippen molar-refractivity contribution in [2.45, 2.75) is 31.5 Å². The summed E-state index contributed by atoms with van der Waals surface area (Å²) in [7, 11) is 0. The van der Waals surface area contributed by atoms with Crippen LogP contribution in [0.15, 0.2) is 0 Å². The van der Waals surface area contributed by atoms with Gasteiger partial charge in [0.1, 0.15) is 5.60 Å². The van der Waals surface area contributed by atoms with Gasteiger partial charge in [-0.15, -0.1) is 0 Å². The number of carbonyl (C=O) groups excluding carboxylic acids is 3. The summed E-state index contributed by atoms with van der Waals surface area (Å²) in [5.41, 5.74) is 1.95. The summed E-state index contributed by atoms with van der Waals surface area (Å²) in [4.78, 5) is 30.0. The number of aliphatic carboxylic acids is 3. The zero-order valence-corrected chi connectivity index (χ0v) is 11.1. The maximum Gasteiger partial charge on any atom is 3.00 e. The van der Waals surface area contributed by atoms with Crippen LogP contribution in [0.3, 0.4) is 0 Å². The van der Waals surface area contributed by atoms with Crippen molar-refractivity contribution >= 4 is 17.9 Å². The van der Waals surface area contributed by atoms with Crippen molar-refractivity contribution in [1.82, 2.24) is 0 Å². The van der Waals surface area contributed by atoms with E-state index in [0.717, 1.165) is 0 Å². The molecule has 4 N–H and O–H groups in total. The number of aliphatic hydroxyl groups excluding tert-OH is 1. The topological polar surface area (TPSA) is 187 Å². The molecule has 0 spiro atoms. The summed E-state index contributed by atoms with van der Waals surface area (Å²) in [6, 6.07) is 0. The molecule has 9 nitrogen and oxygen atoms in total. The number of hydrogen-bond acceptors (Lipinski definition) is 9. The van der Waals surface area contributed by atoms with E-state index in [1.165, 1.54) is 0 Å². The number of aliphatic hydroxyl groups is 2. The van der Waals surface area contributed by atoms with Gasteiger partial charge in [-0.25, -0.2) is 0 Å². The van der Waals surface area contributed by atoms with E-state index < -0.39 is 36.4 Å². The first-order valence-electron chi connectivity index (χ1n) is 4.76. The van der Waals surface area contributed by atoms with E-state index in [9.17, 15) is 29.7 Å². The number of rotatable bonds is 6. The molecule has 111 valence electrons. The minimum absolute atomic E-state index is 0. The Hall–Kier alpha value is -1.19. The molecule has 1 unspecified atom stereocenters. The van der Waals surface area contributed by atoms with Gasteiger partial charge >= 0.3 is 17.1 Å². The average Bonchev–Trinajstić information content (AvgIpc) is 2.15. The third-order valence-corrected chi connectivity index (χ3v) is 1.59. The third kappa shape index (κ3) is 13.0. The molecule has 0 saturated heterocycles. The van der Waals surface area contributed by atoms with E-state index in [1.54, 1.807) is 6.92 Å². The normalized spacial score (nSPS) is 11.4. The molecule has 0 rings (SSSR count). The first kappa shape index (κ1) is 22.9. The fraction of sp³-hybridized carbons (Fsp3) is 0.667. The average molecular weight is 320 g/mol. The van der Waals surface area contributed by atoms with Crippen LogP contribution in [0.5, 0.6) is 0 Å². The fourth-order valence-electron chi connectivity index (χ4n) is 0.684. The molecule has 0 aliphatic rings. The van der Waals surface area contributed by atoms with E-state index in [0.29, 0.717) is 6.54 Å². The molecule has 0 aliphatic carbocycles. The van der Waals surface area contributed by atoms with Crippen LogP contribution in [0, 0.1) is 0 Å². The molecule has 1 atom stereocenters. The van der Waals surface area contributed by atoms with Gasteiger partial charge < -0.3 is 45.6 Å². The third-order valence-electron chi connectivity index (χ3n) is 1.59. The molecule has 0 aliphatic heterocycles. The maximum absolute atomic E-state index is 10.1. The molecule has 10 heteroatoms. The van der Waals surface area contributed by atoms with Crippen molar-refractivity contribution in [2.75, 3.05) is 6.54 Å². The predicted octanol–water partition coefficient (Wildman–Crippen LogP) is -5.93. The van der Waals surface area contributed by atoms with Crippen LogP contribution in [-0.4, -0.2) is 46.4 Å². The van der Waals surface area contributed by atoms with Crippen molar-refractivity contribution in [2.24, 2.45) is 5.73 Å². The van der Waals surface area contributed by atoms with Crippen LogP contribution in [0.2, 0.25) is 0 Å². The number of carbonyl (C=O) groups is 3. The second kappa shape index (κ2) is 10.7. The molecule has 0 fully saturated rings. The summed E-state index contributed by atoms with van der Waals surface area (Å²) >= 11 is 0. The smallest absolute Gasteiger partial charge is 0.550 e. The van der Waals surface area contributed by atoms with Gasteiger partial charge in [-0.05, 0) is 6.92 Å². The van der Waals surface area contributed by atoms with Crippen LogP contribution >= 0.6 is 0 Å². The number of carboxylic acid groups (broad SMARTS) is 3. The maximum atomic E-state index is 10.1. The summed E-state index contributed by atoms with van der Waals surface area (Å²) < 4.78 is 0. The summed E-state index contributed by atoms with van der Waals surface area (Å²) in [5.74, 6) is -5.98. The minimum Gasteiger partial charge on any atom is -0.550 e. The van der Waals surface area contributed by atoms with Crippen molar-refractivity contribution in [3.05, 3.63) is 0 Å². The Bertz CT molecular complexity index is 291. The number of hydrogen-bond donors (Lipinski definition) is 3. The molecular formula is C9H14FeNO8. The van der Waals surface area contributed by atoms with Crippen molar-refractivity contribution in [3.8, 4) is 0 Å². The van der Waals surface area contributed by atoms with Crippen molar-refractivity contribution < 1.29 is 57.0 Å². The Labute approximate surface area is 119 Å². The standard InChI is InChI=1S/C6H8O7.C3H9NO.Fe/c7-3(8)1-6(13,5(11)12)2-4(9)10;1-3(5)2-4;/h13H,1-2H2,(H,7,8)(H,9,10)(H,11,12);3,5H,2,4H2,1H3;/q;;+3/p-3. The van der Waals surface area contributed by atoms with E-state index >= 15 is 0 Å². The zero-order valence-electron chi connectivity index (χ0n) is 9.97. The van der Waals surface area contributed by atoms with Gasteiger partial charge in [0.05, 0.1) is 12.1 Å². The Morgan fingerprint density at radius 3 is 1.53 bits per heavy atom. The van der Waals surface area contributed by atoms with Crippen LogP contribution in [0.1, 0.15) is 19.8 Å². The molecule has 0 heterocycles. The number of carboxylic acids is 3. The second-order valence-corrected chi connectivity index (χ2v) is 3.50. The SMILES string of the molecule is CC(O)CN.O=C([O-])CC(O)(CC(=O)[O-])C(=O)[O-].[Fe+3]. The molecule has 0 bridgehead atoms. The van der Waals surface area contributed by atoms with Crippen molar-refractivity contribution in [1.29, 1.82) is 0 Å². The molecule has 0 saturated carbocycles. The Balaban J connectivity index is -0.000000366. The second-order valence-electron chi connectivity index (χ2n) is 3.50. The van der Waals surface area contributed by atoms with E-state index in [2.05, 4.69) is 0 Å². The largest absolute Gasteiger partial charge is 3.00 e. The van der Waals surface area contributed by atoms with Gasteiger partial charge in [-0.1, -0.05) is 0 Å². The molecule has 1 radical (unpaired) electrons. The predicted molar refractivity (Wildman–Crippen MR) is 49.9 cm³/mol. The number of nitrogens with two attached hydrogens (primary N) is 1. The molecule has 0 amide bonds. The van der Waals surface area contributed by atoms with E-state index in [1.807, 2.05) is 0 Å². The van der Waals surface area contributed by atoms with Gasteiger partial charge in [-0.2, -0.15) is 0 Å². The van der Waals surface area contributed by atoms with Crippen LogP contribution in [0.4, 0.5) is 0 Å². The van der Waals surface area contributed by atoms with Crippen LogP contribution < -0.4 is 21.1 Å². The summed E-state index contributed by atoms with van der Waals surface area (Å²) in [5, 5.41) is 47.2. The molecule has 0 aromatic rings.